The largest absolute Gasteiger partial charge is 0.433 e. The van der Waals surface area contributed by atoms with Crippen LogP contribution in [0.4, 0.5) is 13.2 Å². The molecule has 1 aliphatic carbocycles. The van der Waals surface area contributed by atoms with Crippen molar-refractivity contribution in [1.29, 1.82) is 0 Å². The molecule has 3 aromatic rings. The Morgan fingerprint density at radius 2 is 1.78 bits per heavy atom. The fourth-order valence-corrected chi connectivity index (χ4v) is 4.52. The van der Waals surface area contributed by atoms with Crippen molar-refractivity contribution in [3.05, 3.63) is 59.5 Å². The van der Waals surface area contributed by atoms with Gasteiger partial charge in [0.15, 0.2) is 5.78 Å². The van der Waals surface area contributed by atoms with Crippen LogP contribution < -0.4 is 5.32 Å². The van der Waals surface area contributed by atoms with Crippen LogP contribution in [0.15, 0.2) is 42.6 Å². The van der Waals surface area contributed by atoms with Gasteiger partial charge in [-0.3, -0.25) is 19.1 Å². The Balaban J connectivity index is 1.18. The molecule has 11 heteroatoms. The van der Waals surface area contributed by atoms with E-state index in [0.717, 1.165) is 37.1 Å². The van der Waals surface area contributed by atoms with E-state index in [1.54, 1.807) is 34.0 Å². The summed E-state index contributed by atoms with van der Waals surface area (Å²) < 4.78 is 40.3. The number of carbonyl (C=O) groups excluding carboxylic acids is 3. The van der Waals surface area contributed by atoms with Crippen molar-refractivity contribution in [1.82, 2.24) is 25.0 Å². The summed E-state index contributed by atoms with van der Waals surface area (Å²) >= 11 is 0. The number of hydrogen-bond acceptors (Lipinski definition) is 5. The summed E-state index contributed by atoms with van der Waals surface area (Å²) in [6.45, 7) is 1.21. The Kier molecular flexibility index (Phi) is 6.70. The zero-order valence-corrected chi connectivity index (χ0v) is 20.0. The molecule has 0 unspecified atom stereocenters. The molecule has 0 atom stereocenters. The standard InChI is InChI=1S/C26H26F3N5O3/c27-26(28,29)23-3-1-2-21(31-23)22(35)13-16-4-7-20-18(12-16)14-34(32-20)15-24(36)33-10-8-19(9-11-33)30-25(37)17-5-6-17/h1-4,7,12,14,17,19H,5-6,8-11,13,15H2,(H,30,37). The van der Waals surface area contributed by atoms with Crippen LogP contribution in [0.1, 0.15) is 47.4 Å². The van der Waals surface area contributed by atoms with Gasteiger partial charge in [0.1, 0.15) is 17.9 Å². The van der Waals surface area contributed by atoms with E-state index in [1.165, 1.54) is 12.1 Å². The van der Waals surface area contributed by atoms with E-state index in [2.05, 4.69) is 15.4 Å². The van der Waals surface area contributed by atoms with Gasteiger partial charge in [-0.05, 0) is 55.5 Å². The number of benzene rings is 1. The number of aromatic nitrogens is 3. The van der Waals surface area contributed by atoms with Gasteiger partial charge < -0.3 is 10.2 Å². The van der Waals surface area contributed by atoms with Gasteiger partial charge in [0.05, 0.1) is 5.52 Å². The molecule has 2 amide bonds. The first-order chi connectivity index (χ1) is 17.7. The number of fused-ring (bicyclic) bond motifs is 1. The molecule has 37 heavy (non-hydrogen) atoms. The average molecular weight is 514 g/mol. The minimum absolute atomic E-state index is 0.0641. The van der Waals surface area contributed by atoms with Crippen molar-refractivity contribution in [3.8, 4) is 0 Å². The SMILES string of the molecule is O=C(Cc1ccc2nn(CC(=O)N3CCC(NC(=O)C4CC4)CC3)cc2c1)c1cccc(C(F)(F)F)n1. The highest BCUT2D eigenvalue weighted by Crippen LogP contribution is 2.29. The molecule has 5 rings (SSSR count). The Morgan fingerprint density at radius 3 is 2.49 bits per heavy atom. The van der Waals surface area contributed by atoms with Gasteiger partial charge in [0, 0.05) is 43.1 Å². The van der Waals surface area contributed by atoms with Crippen LogP contribution in [0.5, 0.6) is 0 Å². The van der Waals surface area contributed by atoms with E-state index in [1.807, 2.05) is 0 Å². The lowest BCUT2D eigenvalue weighted by Gasteiger charge is -2.32. The van der Waals surface area contributed by atoms with Gasteiger partial charge in [-0.25, -0.2) is 4.98 Å². The quantitative estimate of drug-likeness (QED) is 0.489. The number of nitrogens with zero attached hydrogens (tertiary/aromatic N) is 4. The molecule has 0 bridgehead atoms. The molecule has 2 fully saturated rings. The smallest absolute Gasteiger partial charge is 0.353 e. The minimum atomic E-state index is -4.62. The molecule has 0 spiro atoms. The fourth-order valence-electron chi connectivity index (χ4n) is 4.52. The summed E-state index contributed by atoms with van der Waals surface area (Å²) in [5.41, 5.74) is -0.0975. The average Bonchev–Trinajstić information content (AvgIpc) is 3.65. The molecular weight excluding hydrogens is 487 g/mol. The highest BCUT2D eigenvalue weighted by molar-refractivity contribution is 5.96. The number of carbonyl (C=O) groups is 3. The summed E-state index contributed by atoms with van der Waals surface area (Å²) in [5.74, 6) is -0.291. The van der Waals surface area contributed by atoms with Crippen molar-refractivity contribution in [2.75, 3.05) is 13.1 Å². The second-order valence-corrected chi connectivity index (χ2v) is 9.66. The van der Waals surface area contributed by atoms with E-state index in [0.29, 0.717) is 24.2 Å². The third-order valence-corrected chi connectivity index (χ3v) is 6.75. The first kappa shape index (κ1) is 24.9. The number of hydrogen-bond donors (Lipinski definition) is 1. The number of amides is 2. The lowest BCUT2D eigenvalue weighted by Crippen LogP contribution is -2.47. The molecule has 194 valence electrons. The number of alkyl halides is 3. The maximum atomic E-state index is 12.9. The first-order valence-corrected chi connectivity index (χ1v) is 12.3. The van der Waals surface area contributed by atoms with E-state index in [9.17, 15) is 27.6 Å². The van der Waals surface area contributed by atoms with Crippen LogP contribution in [0.2, 0.25) is 0 Å². The molecule has 3 heterocycles. The Bertz CT molecular complexity index is 1340. The second-order valence-electron chi connectivity index (χ2n) is 9.66. The van der Waals surface area contributed by atoms with Gasteiger partial charge in [0.2, 0.25) is 11.8 Å². The lowest BCUT2D eigenvalue weighted by atomic mass is 10.0. The minimum Gasteiger partial charge on any atom is -0.353 e. The number of Topliss-reactive ketones (excluding diaryl/α,β-unsaturated/α-hetero) is 1. The molecule has 8 nitrogen and oxygen atoms in total. The Morgan fingerprint density at radius 1 is 1.03 bits per heavy atom. The number of rotatable bonds is 7. The molecule has 1 saturated heterocycles. The highest BCUT2D eigenvalue weighted by atomic mass is 19.4. The fraction of sp³-hybridized carbons (Fsp3) is 0.423. The van der Waals surface area contributed by atoms with Gasteiger partial charge in [-0.1, -0.05) is 12.1 Å². The van der Waals surface area contributed by atoms with Crippen LogP contribution in [0.25, 0.3) is 10.9 Å². The Hall–Kier alpha value is -3.76. The number of pyridine rings is 1. The molecule has 1 saturated carbocycles. The first-order valence-electron chi connectivity index (χ1n) is 12.3. The van der Waals surface area contributed by atoms with Crippen LogP contribution in [0.3, 0.4) is 0 Å². The van der Waals surface area contributed by atoms with Crippen molar-refractivity contribution in [2.45, 2.75) is 50.9 Å². The van der Waals surface area contributed by atoms with E-state index >= 15 is 0 Å². The summed E-state index contributed by atoms with van der Waals surface area (Å²) in [5, 5.41) is 8.23. The zero-order valence-electron chi connectivity index (χ0n) is 20.0. The van der Waals surface area contributed by atoms with Crippen LogP contribution >= 0.6 is 0 Å². The van der Waals surface area contributed by atoms with Crippen LogP contribution in [-0.2, 0) is 28.7 Å². The maximum Gasteiger partial charge on any atom is 0.433 e. The number of likely N-dealkylation sites (tertiary alicyclic amines) is 1. The van der Waals surface area contributed by atoms with Gasteiger partial charge in [-0.15, -0.1) is 0 Å². The predicted octanol–water partition coefficient (Wildman–Crippen LogP) is 3.39. The molecular formula is C26H26F3N5O3. The zero-order chi connectivity index (χ0) is 26.2. The molecule has 1 N–H and O–H groups in total. The molecule has 2 aliphatic rings. The second kappa shape index (κ2) is 9.95. The number of nitrogens with one attached hydrogen (secondary N) is 1. The van der Waals surface area contributed by atoms with E-state index in [-0.39, 0.29) is 42.4 Å². The van der Waals surface area contributed by atoms with E-state index < -0.39 is 17.7 Å². The third kappa shape index (κ3) is 5.98. The Labute approximate surface area is 210 Å². The summed E-state index contributed by atoms with van der Waals surface area (Å²) in [4.78, 5) is 42.5. The molecule has 1 aliphatic heterocycles. The van der Waals surface area contributed by atoms with Gasteiger partial charge >= 0.3 is 6.18 Å². The molecule has 2 aromatic heterocycles. The summed E-state index contributed by atoms with van der Waals surface area (Å²) in [6, 6.07) is 8.51. The van der Waals surface area contributed by atoms with Crippen molar-refractivity contribution < 1.29 is 27.6 Å². The van der Waals surface area contributed by atoms with E-state index in [4.69, 9.17) is 0 Å². The van der Waals surface area contributed by atoms with Crippen LogP contribution in [-0.4, -0.2) is 56.4 Å². The lowest BCUT2D eigenvalue weighted by molar-refractivity contribution is -0.141. The number of piperidine rings is 1. The third-order valence-electron chi connectivity index (χ3n) is 6.75. The number of halogens is 3. The predicted molar refractivity (Wildman–Crippen MR) is 127 cm³/mol. The normalized spacial score (nSPS) is 16.7. The van der Waals surface area contributed by atoms with Crippen molar-refractivity contribution >= 4 is 28.5 Å². The van der Waals surface area contributed by atoms with Gasteiger partial charge in [0.25, 0.3) is 0 Å². The topological polar surface area (TPSA) is 97.2 Å². The summed E-state index contributed by atoms with van der Waals surface area (Å²) in [6.07, 6.45) is 0.362. The van der Waals surface area contributed by atoms with Gasteiger partial charge in [-0.2, -0.15) is 18.3 Å². The highest BCUT2D eigenvalue weighted by Gasteiger charge is 2.33. The monoisotopic (exact) mass is 513 g/mol. The maximum absolute atomic E-state index is 12.9. The molecule has 0 radical (unpaired) electrons. The van der Waals surface area contributed by atoms with Crippen molar-refractivity contribution in [2.24, 2.45) is 5.92 Å². The molecule has 1 aromatic carbocycles. The van der Waals surface area contributed by atoms with Crippen LogP contribution in [0, 0.1) is 5.92 Å². The summed E-state index contributed by atoms with van der Waals surface area (Å²) in [7, 11) is 0. The number of ketones is 1. The van der Waals surface area contributed by atoms with Crippen molar-refractivity contribution in [3.63, 3.8) is 0 Å².